The maximum absolute atomic E-state index is 12.2. The van der Waals surface area contributed by atoms with Gasteiger partial charge in [0.1, 0.15) is 16.7 Å². The Labute approximate surface area is 112 Å². The molecule has 0 saturated heterocycles. The van der Waals surface area contributed by atoms with Gasteiger partial charge in [0, 0.05) is 11.8 Å². The van der Waals surface area contributed by atoms with Gasteiger partial charge in [-0.05, 0) is 32.9 Å². The van der Waals surface area contributed by atoms with Crippen LogP contribution in [0.25, 0.3) is 0 Å². The molecule has 0 N–H and O–H groups in total. The quantitative estimate of drug-likeness (QED) is 0.800. The summed E-state index contributed by atoms with van der Waals surface area (Å²) < 4.78 is 55.3. The molecule has 0 radical (unpaired) electrons. The number of nitrogens with zero attached hydrogens (tertiary/aromatic N) is 1. The normalized spacial score (nSPS) is 14.6. The summed E-state index contributed by atoms with van der Waals surface area (Å²) in [5.74, 6) is -0.371. The first-order valence-corrected chi connectivity index (χ1v) is 6.51. The monoisotopic (exact) mass is 293 g/mol. The average molecular weight is 293 g/mol. The molecule has 106 valence electrons. The van der Waals surface area contributed by atoms with E-state index in [0.717, 1.165) is 6.21 Å². The third kappa shape index (κ3) is 5.42. The number of hydrogen-bond acceptors (Lipinski definition) is 2. The maximum Gasteiger partial charge on any atom is 0.573 e. The molecule has 0 bridgehead atoms. The first kappa shape index (κ1) is 15.7. The number of rotatable bonds is 3. The number of ether oxygens (including phenoxy) is 1. The van der Waals surface area contributed by atoms with E-state index in [1.54, 1.807) is 26.8 Å². The van der Waals surface area contributed by atoms with E-state index in [1.807, 2.05) is 0 Å². The van der Waals surface area contributed by atoms with Crippen LogP contribution in [0.4, 0.5) is 13.2 Å². The Hall–Kier alpha value is -1.37. The van der Waals surface area contributed by atoms with Crippen LogP contribution in [0, 0.1) is 0 Å². The summed E-state index contributed by atoms with van der Waals surface area (Å²) in [6.07, 6.45) is -3.64. The molecular weight excluding hydrogens is 279 g/mol. The van der Waals surface area contributed by atoms with E-state index in [9.17, 15) is 17.4 Å². The number of benzene rings is 1. The molecule has 3 nitrogen and oxygen atoms in total. The van der Waals surface area contributed by atoms with Crippen LogP contribution >= 0.6 is 0 Å². The van der Waals surface area contributed by atoms with Crippen molar-refractivity contribution in [1.29, 1.82) is 0 Å². The van der Waals surface area contributed by atoms with Crippen molar-refractivity contribution in [3.05, 3.63) is 29.8 Å². The van der Waals surface area contributed by atoms with Crippen LogP contribution in [0.5, 0.6) is 5.75 Å². The second-order valence-corrected chi connectivity index (χ2v) is 6.62. The van der Waals surface area contributed by atoms with Crippen LogP contribution in [0.1, 0.15) is 26.3 Å². The molecule has 7 heteroatoms. The van der Waals surface area contributed by atoms with E-state index in [0.29, 0.717) is 0 Å². The fourth-order valence-electron chi connectivity index (χ4n) is 1.07. The van der Waals surface area contributed by atoms with Crippen LogP contribution in [0.2, 0.25) is 0 Å². The lowest BCUT2D eigenvalue weighted by atomic mass is 10.2. The highest BCUT2D eigenvalue weighted by Crippen LogP contribution is 2.25. The Balaban J connectivity index is 2.96. The van der Waals surface area contributed by atoms with E-state index in [-0.39, 0.29) is 11.3 Å². The van der Waals surface area contributed by atoms with Gasteiger partial charge in [0.2, 0.25) is 0 Å². The van der Waals surface area contributed by atoms with E-state index in [4.69, 9.17) is 0 Å². The standard InChI is InChI=1S/C12H14F3NO2S/c1-11(2,3)19(17)16-8-9-6-4-5-7-10(9)18-12(13,14)15/h4-8H,1-3H3/b16-8+/t19-/m1/s1. The molecule has 0 spiro atoms. The van der Waals surface area contributed by atoms with Gasteiger partial charge in [-0.2, -0.15) is 4.40 Å². The van der Waals surface area contributed by atoms with Gasteiger partial charge < -0.3 is 4.74 Å². The predicted octanol–water partition coefficient (Wildman–Crippen LogP) is 3.47. The number of alkyl halides is 3. The molecule has 19 heavy (non-hydrogen) atoms. The van der Waals surface area contributed by atoms with Gasteiger partial charge in [0.05, 0.1) is 4.75 Å². The van der Waals surface area contributed by atoms with Crippen molar-refractivity contribution in [2.75, 3.05) is 0 Å². The molecule has 0 aliphatic rings. The minimum atomic E-state index is -4.77. The number of hydrogen-bond donors (Lipinski definition) is 0. The summed E-state index contributed by atoms with van der Waals surface area (Å²) in [7, 11) is -1.54. The summed E-state index contributed by atoms with van der Waals surface area (Å²) in [5.41, 5.74) is 0.123. The Morgan fingerprint density at radius 1 is 1.21 bits per heavy atom. The molecular formula is C12H14F3NO2S. The van der Waals surface area contributed by atoms with Gasteiger partial charge in [-0.25, -0.2) is 4.21 Å². The van der Waals surface area contributed by atoms with Crippen LogP contribution in [-0.4, -0.2) is 21.5 Å². The summed E-state index contributed by atoms with van der Waals surface area (Å²) in [6.45, 7) is 5.16. The highest BCUT2D eigenvalue weighted by molar-refractivity contribution is 7.85. The molecule has 0 aliphatic carbocycles. The molecule has 0 aliphatic heterocycles. The summed E-state index contributed by atoms with van der Waals surface area (Å²) in [5, 5.41) is 0. The summed E-state index contributed by atoms with van der Waals surface area (Å²) >= 11 is 0. The van der Waals surface area contributed by atoms with Crippen molar-refractivity contribution >= 4 is 17.2 Å². The molecule has 1 aromatic rings. The van der Waals surface area contributed by atoms with E-state index in [1.165, 1.54) is 18.2 Å². The fourth-order valence-corrected chi connectivity index (χ4v) is 1.59. The zero-order valence-electron chi connectivity index (χ0n) is 10.7. The van der Waals surface area contributed by atoms with Gasteiger partial charge >= 0.3 is 6.36 Å². The average Bonchev–Trinajstić information content (AvgIpc) is 2.24. The minimum Gasteiger partial charge on any atom is -0.405 e. The molecule has 1 rings (SSSR count). The molecule has 0 heterocycles. The fraction of sp³-hybridized carbons (Fsp3) is 0.417. The Bertz CT molecular complexity index is 492. The van der Waals surface area contributed by atoms with Crippen molar-refractivity contribution < 1.29 is 22.1 Å². The van der Waals surface area contributed by atoms with Gasteiger partial charge in [-0.15, -0.1) is 13.2 Å². The van der Waals surface area contributed by atoms with E-state index >= 15 is 0 Å². The number of halogens is 3. The molecule has 0 amide bonds. The zero-order valence-corrected chi connectivity index (χ0v) is 11.5. The molecule has 0 saturated carbocycles. The smallest absolute Gasteiger partial charge is 0.405 e. The lowest BCUT2D eigenvalue weighted by Crippen LogP contribution is -2.20. The lowest BCUT2D eigenvalue weighted by molar-refractivity contribution is -0.274. The third-order valence-corrected chi connectivity index (χ3v) is 3.30. The van der Waals surface area contributed by atoms with Gasteiger partial charge in [0.25, 0.3) is 0 Å². The van der Waals surface area contributed by atoms with Crippen molar-refractivity contribution in [3.8, 4) is 5.75 Å². The van der Waals surface area contributed by atoms with Crippen LogP contribution in [0.15, 0.2) is 28.7 Å². The highest BCUT2D eigenvalue weighted by Gasteiger charge is 2.31. The molecule has 0 aromatic heterocycles. The second kappa shape index (κ2) is 5.73. The SMILES string of the molecule is CC(C)(C)[S@@](=O)/N=C/c1ccccc1OC(F)(F)F. The molecule has 1 atom stereocenters. The third-order valence-electron chi connectivity index (χ3n) is 1.96. The highest BCUT2D eigenvalue weighted by atomic mass is 32.2. The van der Waals surface area contributed by atoms with Crippen molar-refractivity contribution in [2.45, 2.75) is 31.9 Å². The molecule has 0 fully saturated rings. The molecule has 0 unspecified atom stereocenters. The topological polar surface area (TPSA) is 38.7 Å². The molecule has 1 aromatic carbocycles. The van der Waals surface area contributed by atoms with E-state index < -0.39 is 22.1 Å². The van der Waals surface area contributed by atoms with Crippen LogP contribution in [0.3, 0.4) is 0 Å². The summed E-state index contributed by atoms with van der Waals surface area (Å²) in [6, 6.07) is 5.54. The first-order chi connectivity index (χ1) is 8.59. The second-order valence-electron chi connectivity index (χ2n) is 4.68. The van der Waals surface area contributed by atoms with Gasteiger partial charge in [0.15, 0.2) is 0 Å². The number of para-hydroxylation sites is 1. The van der Waals surface area contributed by atoms with E-state index in [2.05, 4.69) is 9.13 Å². The van der Waals surface area contributed by atoms with Crippen LogP contribution < -0.4 is 4.74 Å². The Kier molecular flexibility index (Phi) is 4.73. The van der Waals surface area contributed by atoms with Crippen molar-refractivity contribution in [3.63, 3.8) is 0 Å². The predicted molar refractivity (Wildman–Crippen MR) is 68.6 cm³/mol. The van der Waals surface area contributed by atoms with Gasteiger partial charge in [-0.1, -0.05) is 12.1 Å². The maximum atomic E-state index is 12.2. The minimum absolute atomic E-state index is 0.123. The Morgan fingerprint density at radius 2 is 1.79 bits per heavy atom. The van der Waals surface area contributed by atoms with Crippen molar-refractivity contribution in [2.24, 2.45) is 4.40 Å². The zero-order chi connectivity index (χ0) is 14.7. The van der Waals surface area contributed by atoms with Crippen LogP contribution in [-0.2, 0) is 11.0 Å². The summed E-state index contributed by atoms with van der Waals surface area (Å²) in [4.78, 5) is 0. The van der Waals surface area contributed by atoms with Crippen molar-refractivity contribution in [1.82, 2.24) is 0 Å². The largest absolute Gasteiger partial charge is 0.573 e. The lowest BCUT2D eigenvalue weighted by Gasteiger charge is -2.13. The Morgan fingerprint density at radius 3 is 2.32 bits per heavy atom. The van der Waals surface area contributed by atoms with Gasteiger partial charge in [-0.3, -0.25) is 0 Å². The first-order valence-electron chi connectivity index (χ1n) is 5.40.